The summed E-state index contributed by atoms with van der Waals surface area (Å²) in [5.74, 6) is -0.249. The van der Waals surface area contributed by atoms with Crippen molar-refractivity contribution >= 4 is 27.6 Å². The SMILES string of the molecule is OCCCC/C=C/c1nc2cc(F)ccc2s1. The third-order valence-electron chi connectivity index (χ3n) is 2.41. The molecule has 0 saturated carbocycles. The van der Waals surface area contributed by atoms with Crippen LogP contribution in [0.5, 0.6) is 0 Å². The zero-order chi connectivity index (χ0) is 12.1. The molecule has 0 bridgehead atoms. The topological polar surface area (TPSA) is 33.1 Å². The van der Waals surface area contributed by atoms with E-state index in [0.717, 1.165) is 29.0 Å². The summed E-state index contributed by atoms with van der Waals surface area (Å²) < 4.78 is 14.0. The first kappa shape index (κ1) is 12.2. The molecular weight excluding hydrogens is 237 g/mol. The maximum absolute atomic E-state index is 13.0. The fraction of sp³-hybridized carbons (Fsp3) is 0.308. The van der Waals surface area contributed by atoms with Crippen molar-refractivity contribution in [1.29, 1.82) is 0 Å². The second kappa shape index (κ2) is 5.89. The van der Waals surface area contributed by atoms with Crippen LogP contribution >= 0.6 is 11.3 Å². The molecule has 90 valence electrons. The number of aliphatic hydroxyl groups is 1. The van der Waals surface area contributed by atoms with Crippen LogP contribution in [0, 0.1) is 5.82 Å². The van der Waals surface area contributed by atoms with Gasteiger partial charge < -0.3 is 5.11 Å². The van der Waals surface area contributed by atoms with E-state index >= 15 is 0 Å². The Bertz CT molecular complexity index is 521. The summed E-state index contributed by atoms with van der Waals surface area (Å²) in [5, 5.41) is 9.53. The first-order valence-corrected chi connectivity index (χ1v) is 6.45. The molecule has 4 heteroatoms. The Hall–Kier alpha value is -1.26. The van der Waals surface area contributed by atoms with Gasteiger partial charge in [0, 0.05) is 12.7 Å². The molecule has 0 aliphatic heterocycles. The van der Waals surface area contributed by atoms with Crippen LogP contribution in [-0.4, -0.2) is 16.7 Å². The molecular formula is C13H14FNOS. The van der Waals surface area contributed by atoms with Crippen molar-refractivity contribution in [2.24, 2.45) is 0 Å². The highest BCUT2D eigenvalue weighted by Crippen LogP contribution is 2.23. The second-order valence-electron chi connectivity index (χ2n) is 3.79. The number of nitrogens with zero attached hydrogens (tertiary/aromatic N) is 1. The molecule has 1 heterocycles. The maximum atomic E-state index is 13.0. The molecule has 0 aliphatic rings. The summed E-state index contributed by atoms with van der Waals surface area (Å²) in [5.41, 5.74) is 0.713. The molecule has 1 aromatic carbocycles. The third kappa shape index (κ3) is 3.35. The van der Waals surface area contributed by atoms with Gasteiger partial charge in [-0.05, 0) is 37.5 Å². The molecule has 0 spiro atoms. The number of aliphatic hydroxyl groups excluding tert-OH is 1. The van der Waals surface area contributed by atoms with Crippen molar-refractivity contribution in [3.8, 4) is 0 Å². The molecule has 1 aromatic heterocycles. The van der Waals surface area contributed by atoms with Gasteiger partial charge in [-0.2, -0.15) is 0 Å². The van der Waals surface area contributed by atoms with Crippen molar-refractivity contribution in [3.05, 3.63) is 35.1 Å². The standard InChI is InChI=1S/C13H14FNOS/c14-10-6-7-12-11(9-10)15-13(17-12)5-3-1-2-4-8-16/h3,5-7,9,16H,1-2,4,8H2/b5-3+. The lowest BCUT2D eigenvalue weighted by Gasteiger charge is -1.90. The number of fused-ring (bicyclic) bond motifs is 1. The minimum Gasteiger partial charge on any atom is -0.396 e. The average molecular weight is 251 g/mol. The second-order valence-corrected chi connectivity index (χ2v) is 4.85. The number of allylic oxidation sites excluding steroid dienone is 1. The van der Waals surface area contributed by atoms with Gasteiger partial charge in [-0.3, -0.25) is 0 Å². The average Bonchev–Trinajstić information content (AvgIpc) is 2.70. The molecule has 0 atom stereocenters. The van der Waals surface area contributed by atoms with Crippen molar-refractivity contribution in [1.82, 2.24) is 4.98 Å². The van der Waals surface area contributed by atoms with Crippen LogP contribution in [0.3, 0.4) is 0 Å². The quantitative estimate of drug-likeness (QED) is 0.823. The van der Waals surface area contributed by atoms with E-state index in [2.05, 4.69) is 4.98 Å². The minimum atomic E-state index is -0.249. The Balaban J connectivity index is 2.04. The number of thiazole rings is 1. The molecule has 0 unspecified atom stereocenters. The number of hydrogen-bond acceptors (Lipinski definition) is 3. The largest absolute Gasteiger partial charge is 0.396 e. The van der Waals surface area contributed by atoms with E-state index in [1.54, 1.807) is 17.4 Å². The Labute approximate surface area is 103 Å². The first-order chi connectivity index (χ1) is 8.29. The van der Waals surface area contributed by atoms with E-state index < -0.39 is 0 Å². The summed E-state index contributed by atoms with van der Waals surface area (Å²) >= 11 is 1.56. The van der Waals surface area contributed by atoms with Gasteiger partial charge in [-0.15, -0.1) is 11.3 Å². The Morgan fingerprint density at radius 1 is 1.35 bits per heavy atom. The van der Waals surface area contributed by atoms with E-state index in [1.807, 2.05) is 12.2 Å². The molecule has 2 rings (SSSR count). The lowest BCUT2D eigenvalue weighted by molar-refractivity contribution is 0.285. The van der Waals surface area contributed by atoms with Gasteiger partial charge in [-0.1, -0.05) is 6.08 Å². The number of benzene rings is 1. The van der Waals surface area contributed by atoms with Gasteiger partial charge in [-0.25, -0.2) is 9.37 Å². The van der Waals surface area contributed by atoms with E-state index in [-0.39, 0.29) is 12.4 Å². The van der Waals surface area contributed by atoms with Crippen LogP contribution in [0.2, 0.25) is 0 Å². The predicted octanol–water partition coefficient (Wildman–Crippen LogP) is 3.61. The lowest BCUT2D eigenvalue weighted by Crippen LogP contribution is -1.80. The molecule has 0 aliphatic carbocycles. The number of hydrogen-bond donors (Lipinski definition) is 1. The van der Waals surface area contributed by atoms with Gasteiger partial charge in [0.25, 0.3) is 0 Å². The van der Waals surface area contributed by atoms with Crippen molar-refractivity contribution < 1.29 is 9.50 Å². The monoisotopic (exact) mass is 251 g/mol. The fourth-order valence-corrected chi connectivity index (χ4v) is 2.43. The van der Waals surface area contributed by atoms with Gasteiger partial charge in [0.05, 0.1) is 10.2 Å². The molecule has 17 heavy (non-hydrogen) atoms. The highest BCUT2D eigenvalue weighted by atomic mass is 32.1. The molecule has 0 amide bonds. The van der Waals surface area contributed by atoms with Crippen LogP contribution in [0.1, 0.15) is 24.3 Å². The van der Waals surface area contributed by atoms with Crippen LogP contribution in [0.15, 0.2) is 24.3 Å². The molecule has 0 fully saturated rings. The van der Waals surface area contributed by atoms with Gasteiger partial charge in [0.15, 0.2) is 0 Å². The van der Waals surface area contributed by atoms with Gasteiger partial charge in [0.2, 0.25) is 0 Å². The Morgan fingerprint density at radius 3 is 3.06 bits per heavy atom. The predicted molar refractivity (Wildman–Crippen MR) is 69.5 cm³/mol. The van der Waals surface area contributed by atoms with E-state index in [0.29, 0.717) is 5.52 Å². The highest BCUT2D eigenvalue weighted by molar-refractivity contribution is 7.19. The van der Waals surface area contributed by atoms with Crippen molar-refractivity contribution in [3.63, 3.8) is 0 Å². The maximum Gasteiger partial charge on any atom is 0.125 e. The summed E-state index contributed by atoms with van der Waals surface area (Å²) in [6.07, 6.45) is 6.75. The van der Waals surface area contributed by atoms with E-state index in [1.165, 1.54) is 12.1 Å². The van der Waals surface area contributed by atoms with Gasteiger partial charge >= 0.3 is 0 Å². The summed E-state index contributed by atoms with van der Waals surface area (Å²) in [4.78, 5) is 4.33. The Kier molecular flexibility index (Phi) is 4.23. The minimum absolute atomic E-state index is 0.244. The molecule has 2 aromatic rings. The normalized spacial score (nSPS) is 11.6. The van der Waals surface area contributed by atoms with Gasteiger partial charge in [0.1, 0.15) is 10.8 Å². The molecule has 0 radical (unpaired) electrons. The fourth-order valence-electron chi connectivity index (χ4n) is 1.55. The number of unbranched alkanes of at least 4 members (excludes halogenated alkanes) is 2. The van der Waals surface area contributed by atoms with Crippen molar-refractivity contribution in [2.45, 2.75) is 19.3 Å². The Morgan fingerprint density at radius 2 is 2.24 bits per heavy atom. The smallest absolute Gasteiger partial charge is 0.125 e. The zero-order valence-electron chi connectivity index (χ0n) is 9.40. The van der Waals surface area contributed by atoms with Crippen LogP contribution in [-0.2, 0) is 0 Å². The molecule has 2 nitrogen and oxygen atoms in total. The van der Waals surface area contributed by atoms with E-state index in [4.69, 9.17) is 5.11 Å². The van der Waals surface area contributed by atoms with E-state index in [9.17, 15) is 4.39 Å². The summed E-state index contributed by atoms with van der Waals surface area (Å²) in [7, 11) is 0. The number of rotatable bonds is 5. The number of halogens is 1. The summed E-state index contributed by atoms with van der Waals surface area (Å²) in [6, 6.07) is 4.66. The molecule has 1 N–H and O–H groups in total. The summed E-state index contributed by atoms with van der Waals surface area (Å²) in [6.45, 7) is 0.244. The first-order valence-electron chi connectivity index (χ1n) is 5.63. The third-order valence-corrected chi connectivity index (χ3v) is 3.41. The molecule has 0 saturated heterocycles. The van der Waals surface area contributed by atoms with Crippen LogP contribution < -0.4 is 0 Å². The van der Waals surface area contributed by atoms with Crippen molar-refractivity contribution in [2.75, 3.05) is 6.61 Å². The highest BCUT2D eigenvalue weighted by Gasteiger charge is 2.01. The van der Waals surface area contributed by atoms with Crippen LogP contribution in [0.25, 0.3) is 16.3 Å². The zero-order valence-corrected chi connectivity index (χ0v) is 10.2. The van der Waals surface area contributed by atoms with Crippen LogP contribution in [0.4, 0.5) is 4.39 Å². The number of aromatic nitrogens is 1. The lowest BCUT2D eigenvalue weighted by atomic mass is 10.2.